The number of allylic oxidation sites excluding steroid dienone is 1. The van der Waals surface area contributed by atoms with E-state index in [2.05, 4.69) is 14.8 Å². The molecule has 196 valence electrons. The van der Waals surface area contributed by atoms with Gasteiger partial charge in [-0.25, -0.2) is 9.18 Å². The van der Waals surface area contributed by atoms with E-state index in [4.69, 9.17) is 21.1 Å². The molecule has 0 aliphatic carbocycles. The monoisotopic (exact) mass is 527 g/mol. The normalized spacial score (nSPS) is 20.5. The van der Waals surface area contributed by atoms with Crippen molar-refractivity contribution in [2.24, 2.45) is 10.9 Å². The van der Waals surface area contributed by atoms with Gasteiger partial charge in [0.1, 0.15) is 18.3 Å². The lowest BCUT2D eigenvalue weighted by Crippen LogP contribution is -2.47. The highest BCUT2D eigenvalue weighted by atomic mass is 35.5. The molecule has 0 saturated carbocycles. The lowest BCUT2D eigenvalue weighted by molar-refractivity contribution is -0.144. The van der Waals surface area contributed by atoms with Gasteiger partial charge in [0.15, 0.2) is 0 Å². The Kier molecular flexibility index (Phi) is 8.61. The molecule has 4 rings (SSSR count). The van der Waals surface area contributed by atoms with Crippen LogP contribution in [-0.4, -0.2) is 69.0 Å². The fourth-order valence-electron chi connectivity index (χ4n) is 5.02. The predicted molar refractivity (Wildman–Crippen MR) is 142 cm³/mol. The van der Waals surface area contributed by atoms with E-state index in [1.165, 1.54) is 19.2 Å². The molecule has 2 unspecified atom stereocenters. The summed E-state index contributed by atoms with van der Waals surface area (Å²) in [6, 6.07) is 13.6. The molecule has 2 aliphatic rings. The molecule has 2 aromatic carbocycles. The molecule has 1 fully saturated rings. The molecule has 0 amide bonds. The number of rotatable bonds is 7. The third-order valence-electron chi connectivity index (χ3n) is 6.92. The molecule has 0 spiro atoms. The van der Waals surface area contributed by atoms with Crippen LogP contribution >= 0.6 is 11.6 Å². The molecule has 37 heavy (non-hydrogen) atoms. The molecular formula is C28H31ClFN3O4. The maximum absolute atomic E-state index is 13.4. The van der Waals surface area contributed by atoms with Crippen molar-refractivity contribution in [3.63, 3.8) is 0 Å². The highest BCUT2D eigenvalue weighted by Gasteiger charge is 2.42. The summed E-state index contributed by atoms with van der Waals surface area (Å²) in [5, 5.41) is 0.506. The Hall–Kier alpha value is -3.23. The first kappa shape index (κ1) is 26.8. The van der Waals surface area contributed by atoms with Gasteiger partial charge in [-0.15, -0.1) is 0 Å². The molecule has 2 aliphatic heterocycles. The molecule has 0 aromatic heterocycles. The van der Waals surface area contributed by atoms with Gasteiger partial charge in [-0.3, -0.25) is 14.7 Å². The zero-order valence-electron chi connectivity index (χ0n) is 21.2. The van der Waals surface area contributed by atoms with Crippen LogP contribution in [0.4, 0.5) is 10.1 Å². The summed E-state index contributed by atoms with van der Waals surface area (Å²) in [6.45, 7) is 7.51. The first-order valence-electron chi connectivity index (χ1n) is 12.3. The summed E-state index contributed by atoms with van der Waals surface area (Å²) in [5.41, 5.74) is 3.14. The largest absolute Gasteiger partial charge is 0.468 e. The minimum Gasteiger partial charge on any atom is -0.468 e. The molecular weight excluding hydrogens is 497 g/mol. The standard InChI is InChI=1S/C28H31ClFN3O4/c1-18-24(27(34)36-3)26(20-5-4-6-21(29)17-20)25(19(2)31-18)28(35)37-16-15-32-11-13-33(14-12-32)23-9-7-22(30)8-10-23/h4-10,17,24,26H,11-16H2,1-3H3. The fraction of sp³-hybridized carbons (Fsp3) is 0.393. The van der Waals surface area contributed by atoms with Crippen molar-refractivity contribution in [3.8, 4) is 0 Å². The number of anilines is 1. The summed E-state index contributed by atoms with van der Waals surface area (Å²) in [7, 11) is 1.32. The Balaban J connectivity index is 1.42. The lowest BCUT2D eigenvalue weighted by Gasteiger charge is -2.36. The van der Waals surface area contributed by atoms with E-state index in [0.717, 1.165) is 37.4 Å². The number of aliphatic imine (C=N–C) groups is 1. The number of halogens is 2. The van der Waals surface area contributed by atoms with Crippen molar-refractivity contribution in [1.82, 2.24) is 4.90 Å². The number of esters is 2. The van der Waals surface area contributed by atoms with Crippen molar-refractivity contribution in [3.05, 3.63) is 76.2 Å². The van der Waals surface area contributed by atoms with Crippen molar-refractivity contribution in [2.75, 3.05) is 51.3 Å². The van der Waals surface area contributed by atoms with Crippen molar-refractivity contribution >= 4 is 34.9 Å². The molecule has 0 N–H and O–H groups in total. The second-order valence-electron chi connectivity index (χ2n) is 9.23. The first-order valence-corrected chi connectivity index (χ1v) is 12.7. The number of hydrogen-bond donors (Lipinski definition) is 0. The number of carbonyl (C=O) groups is 2. The van der Waals surface area contributed by atoms with E-state index in [9.17, 15) is 14.0 Å². The zero-order valence-corrected chi connectivity index (χ0v) is 22.0. The summed E-state index contributed by atoms with van der Waals surface area (Å²) in [5.74, 6) is -2.59. The van der Waals surface area contributed by atoms with Crippen LogP contribution in [0.2, 0.25) is 5.02 Å². The number of nitrogens with zero attached hydrogens (tertiary/aromatic N) is 3. The van der Waals surface area contributed by atoms with Crippen molar-refractivity contribution in [1.29, 1.82) is 0 Å². The SMILES string of the molecule is COC(=O)C1C(C)=NC(C)=C(C(=O)OCCN2CCN(c3ccc(F)cc3)CC2)C1c1cccc(Cl)c1. The van der Waals surface area contributed by atoms with Crippen molar-refractivity contribution in [2.45, 2.75) is 19.8 Å². The van der Waals surface area contributed by atoms with E-state index in [-0.39, 0.29) is 12.4 Å². The smallest absolute Gasteiger partial charge is 0.336 e. The van der Waals surface area contributed by atoms with E-state index in [1.54, 1.807) is 44.2 Å². The minimum absolute atomic E-state index is 0.208. The third-order valence-corrected chi connectivity index (χ3v) is 7.15. The van der Waals surface area contributed by atoms with Crippen LogP contribution in [0.25, 0.3) is 0 Å². The number of hydrogen-bond acceptors (Lipinski definition) is 7. The first-order chi connectivity index (χ1) is 17.8. The Morgan fingerprint density at radius 1 is 1.08 bits per heavy atom. The fourth-order valence-corrected chi connectivity index (χ4v) is 5.22. The van der Waals surface area contributed by atoms with Crippen LogP contribution in [0.3, 0.4) is 0 Å². The molecule has 2 aromatic rings. The summed E-state index contributed by atoms with van der Waals surface area (Å²) < 4.78 is 24.0. The maximum atomic E-state index is 13.4. The Bertz CT molecular complexity index is 1210. The van der Waals surface area contributed by atoms with E-state index >= 15 is 0 Å². The lowest BCUT2D eigenvalue weighted by atomic mass is 9.75. The second-order valence-corrected chi connectivity index (χ2v) is 9.66. The van der Waals surface area contributed by atoms with Crippen LogP contribution in [0.15, 0.2) is 64.8 Å². The number of benzene rings is 2. The maximum Gasteiger partial charge on any atom is 0.336 e. The number of carbonyl (C=O) groups excluding carboxylic acids is 2. The molecule has 9 heteroatoms. The zero-order chi connectivity index (χ0) is 26.5. The topological polar surface area (TPSA) is 71.4 Å². The van der Waals surface area contributed by atoms with Gasteiger partial charge in [0.2, 0.25) is 0 Å². The highest BCUT2D eigenvalue weighted by Crippen LogP contribution is 2.40. The van der Waals surface area contributed by atoms with Gasteiger partial charge < -0.3 is 14.4 Å². The summed E-state index contributed by atoms with van der Waals surface area (Å²) >= 11 is 6.25. The highest BCUT2D eigenvalue weighted by molar-refractivity contribution is 6.30. The van der Waals surface area contributed by atoms with Crippen LogP contribution in [0.1, 0.15) is 25.3 Å². The number of piperazine rings is 1. The molecule has 7 nitrogen and oxygen atoms in total. The van der Waals surface area contributed by atoms with E-state index in [0.29, 0.717) is 28.5 Å². The molecule has 2 heterocycles. The van der Waals surface area contributed by atoms with Gasteiger partial charge in [0, 0.05) is 60.8 Å². The van der Waals surface area contributed by atoms with E-state index in [1.807, 2.05) is 6.07 Å². The summed E-state index contributed by atoms with van der Waals surface area (Å²) in [4.78, 5) is 35.0. The quantitative estimate of drug-likeness (QED) is 0.495. The Labute approximate surface area is 221 Å². The summed E-state index contributed by atoms with van der Waals surface area (Å²) in [6.07, 6.45) is 0. The van der Waals surface area contributed by atoms with Gasteiger partial charge in [0.25, 0.3) is 0 Å². The van der Waals surface area contributed by atoms with Gasteiger partial charge in [-0.1, -0.05) is 23.7 Å². The van der Waals surface area contributed by atoms with Crippen LogP contribution in [-0.2, 0) is 19.1 Å². The van der Waals surface area contributed by atoms with Crippen molar-refractivity contribution < 1.29 is 23.5 Å². The Morgan fingerprint density at radius 2 is 1.78 bits per heavy atom. The van der Waals surface area contributed by atoms with Gasteiger partial charge in [-0.05, 0) is 55.8 Å². The predicted octanol–water partition coefficient (Wildman–Crippen LogP) is 4.47. The Morgan fingerprint density at radius 3 is 2.43 bits per heavy atom. The van der Waals surface area contributed by atoms with E-state index < -0.39 is 23.8 Å². The number of methoxy groups -OCH3 is 1. The molecule has 1 saturated heterocycles. The van der Waals surface area contributed by atoms with Crippen LogP contribution < -0.4 is 4.90 Å². The van der Waals surface area contributed by atoms with Crippen LogP contribution in [0.5, 0.6) is 0 Å². The van der Waals surface area contributed by atoms with Gasteiger partial charge in [0.05, 0.1) is 12.7 Å². The molecule has 0 radical (unpaired) electrons. The van der Waals surface area contributed by atoms with Crippen LogP contribution in [0, 0.1) is 11.7 Å². The van der Waals surface area contributed by atoms with Gasteiger partial charge in [-0.2, -0.15) is 0 Å². The molecule has 0 bridgehead atoms. The average molecular weight is 528 g/mol. The van der Waals surface area contributed by atoms with Gasteiger partial charge >= 0.3 is 11.9 Å². The average Bonchev–Trinajstić information content (AvgIpc) is 2.88. The minimum atomic E-state index is -0.755. The second kappa shape index (κ2) is 11.9. The third kappa shape index (κ3) is 6.19. The molecule has 2 atom stereocenters. The number of ether oxygens (including phenoxy) is 2.